The van der Waals surface area contributed by atoms with E-state index in [1.807, 2.05) is 60.8 Å². The summed E-state index contributed by atoms with van der Waals surface area (Å²) in [5.41, 5.74) is 1.12. The molecule has 0 bridgehead atoms. The number of hydrogen-bond acceptors (Lipinski definition) is 4. The van der Waals surface area contributed by atoms with Crippen LogP contribution in [0.25, 0.3) is 10.8 Å². The second kappa shape index (κ2) is 7.03. The molecule has 3 aromatic rings. The van der Waals surface area contributed by atoms with Gasteiger partial charge in [0, 0.05) is 18.0 Å². The predicted octanol–water partition coefficient (Wildman–Crippen LogP) is 3.48. The fourth-order valence-corrected chi connectivity index (χ4v) is 4.73. The maximum atomic E-state index is 12.8. The smallest absolute Gasteiger partial charge is 0.241 e. The highest BCUT2D eigenvalue weighted by molar-refractivity contribution is 7.89. The lowest BCUT2D eigenvalue weighted by atomic mass is 10.1. The van der Waals surface area contributed by atoms with E-state index in [0.29, 0.717) is 11.4 Å². The number of sulfonamides is 1. The molecule has 4 nitrogen and oxygen atoms in total. The van der Waals surface area contributed by atoms with Crippen LogP contribution >= 0.6 is 11.3 Å². The predicted molar refractivity (Wildman–Crippen MR) is 99.9 cm³/mol. The molecule has 3 rings (SSSR count). The largest absolute Gasteiger partial charge is 0.301 e. The molecule has 0 saturated carbocycles. The highest BCUT2D eigenvalue weighted by Crippen LogP contribution is 2.24. The maximum Gasteiger partial charge on any atom is 0.241 e. The van der Waals surface area contributed by atoms with Gasteiger partial charge in [-0.2, -0.15) is 11.3 Å². The summed E-state index contributed by atoms with van der Waals surface area (Å²) >= 11 is 1.61. The van der Waals surface area contributed by atoms with Gasteiger partial charge in [-0.25, -0.2) is 13.1 Å². The van der Waals surface area contributed by atoms with E-state index in [1.165, 1.54) is 0 Å². The molecular formula is C18H20N2O2S2. The van der Waals surface area contributed by atoms with Gasteiger partial charge in [0.25, 0.3) is 0 Å². The van der Waals surface area contributed by atoms with Gasteiger partial charge in [-0.15, -0.1) is 0 Å². The highest BCUT2D eigenvalue weighted by atomic mass is 32.2. The molecule has 0 aliphatic rings. The molecule has 0 radical (unpaired) electrons. The first kappa shape index (κ1) is 17.1. The number of likely N-dealkylation sites (N-methyl/N-ethyl adjacent to an activating group) is 1. The lowest BCUT2D eigenvalue weighted by molar-refractivity contribution is 0.300. The Balaban J connectivity index is 1.88. The Labute approximate surface area is 146 Å². The zero-order valence-electron chi connectivity index (χ0n) is 13.6. The second-order valence-corrected chi connectivity index (χ2v) is 8.38. The Morgan fingerprint density at radius 3 is 2.54 bits per heavy atom. The molecule has 126 valence electrons. The summed E-state index contributed by atoms with van der Waals surface area (Å²) in [7, 11) is 0.326. The van der Waals surface area contributed by atoms with E-state index < -0.39 is 10.0 Å². The van der Waals surface area contributed by atoms with Gasteiger partial charge in [0.1, 0.15) is 0 Å². The van der Waals surface area contributed by atoms with Crippen LogP contribution in [0.3, 0.4) is 0 Å². The summed E-state index contributed by atoms with van der Waals surface area (Å²) in [4.78, 5) is 2.34. The number of hydrogen-bond donors (Lipinski definition) is 1. The average molecular weight is 361 g/mol. The van der Waals surface area contributed by atoms with Crippen LogP contribution in [-0.2, 0) is 10.0 Å². The first-order valence-corrected chi connectivity index (χ1v) is 10.1. The van der Waals surface area contributed by atoms with Crippen LogP contribution in [0.5, 0.6) is 0 Å². The van der Waals surface area contributed by atoms with Crippen molar-refractivity contribution < 1.29 is 8.42 Å². The molecule has 0 aliphatic carbocycles. The quantitative estimate of drug-likeness (QED) is 0.732. The number of fused-ring (bicyclic) bond motifs is 1. The van der Waals surface area contributed by atoms with Crippen molar-refractivity contribution in [2.75, 3.05) is 20.6 Å². The Hall–Kier alpha value is -1.73. The van der Waals surface area contributed by atoms with Crippen molar-refractivity contribution in [2.45, 2.75) is 10.9 Å². The van der Waals surface area contributed by atoms with Crippen molar-refractivity contribution in [1.29, 1.82) is 0 Å². The van der Waals surface area contributed by atoms with Crippen LogP contribution in [0.15, 0.2) is 64.2 Å². The van der Waals surface area contributed by atoms with E-state index in [0.717, 1.165) is 16.3 Å². The zero-order chi connectivity index (χ0) is 17.2. The van der Waals surface area contributed by atoms with E-state index in [1.54, 1.807) is 23.5 Å². The van der Waals surface area contributed by atoms with Gasteiger partial charge >= 0.3 is 0 Å². The monoisotopic (exact) mass is 360 g/mol. The van der Waals surface area contributed by atoms with Gasteiger partial charge in [0.2, 0.25) is 10.0 Å². The third kappa shape index (κ3) is 3.52. The van der Waals surface area contributed by atoms with Gasteiger partial charge in [0.05, 0.1) is 4.90 Å². The van der Waals surface area contributed by atoms with E-state index >= 15 is 0 Å². The van der Waals surface area contributed by atoms with Crippen molar-refractivity contribution >= 4 is 32.1 Å². The highest BCUT2D eigenvalue weighted by Gasteiger charge is 2.21. The third-order valence-corrected chi connectivity index (χ3v) is 6.24. The molecule has 24 heavy (non-hydrogen) atoms. The Bertz CT molecular complexity index is 914. The average Bonchev–Trinajstić information content (AvgIpc) is 3.08. The summed E-state index contributed by atoms with van der Waals surface area (Å²) in [5.74, 6) is 0. The van der Waals surface area contributed by atoms with Crippen molar-refractivity contribution in [3.8, 4) is 0 Å². The number of benzene rings is 2. The first-order chi connectivity index (χ1) is 11.5. The molecule has 1 N–H and O–H groups in total. The minimum atomic E-state index is -3.58. The SMILES string of the molecule is CN(C)[C@@H](CNS(=O)(=O)c1cccc2ccccc12)c1ccsc1. The van der Waals surface area contributed by atoms with Crippen molar-refractivity contribution in [3.63, 3.8) is 0 Å². The van der Waals surface area contributed by atoms with Crippen LogP contribution in [0, 0.1) is 0 Å². The molecule has 6 heteroatoms. The van der Waals surface area contributed by atoms with Crippen LogP contribution < -0.4 is 4.72 Å². The fraction of sp³-hybridized carbons (Fsp3) is 0.222. The van der Waals surface area contributed by atoms with Crippen molar-refractivity contribution in [2.24, 2.45) is 0 Å². The molecule has 1 aromatic heterocycles. The van der Waals surface area contributed by atoms with Gasteiger partial charge < -0.3 is 4.90 Å². The molecule has 2 aromatic carbocycles. The molecule has 0 unspecified atom stereocenters. The van der Waals surface area contributed by atoms with Crippen LogP contribution in [0.1, 0.15) is 11.6 Å². The molecule has 0 spiro atoms. The first-order valence-electron chi connectivity index (χ1n) is 7.65. The van der Waals surface area contributed by atoms with Crippen molar-refractivity contribution in [3.05, 3.63) is 64.9 Å². The van der Waals surface area contributed by atoms with Crippen LogP contribution in [-0.4, -0.2) is 34.0 Å². The molecule has 1 atom stereocenters. The van der Waals surface area contributed by atoms with E-state index in [-0.39, 0.29) is 6.04 Å². The molecule has 0 amide bonds. The molecular weight excluding hydrogens is 340 g/mol. The standard InChI is InChI=1S/C18H20N2O2S2/c1-20(2)17(15-10-11-23-13-15)12-19-24(21,22)18-9-5-7-14-6-3-4-8-16(14)18/h3-11,13,17,19H,12H2,1-2H3/t17-/m0/s1. The maximum absolute atomic E-state index is 12.8. The lowest BCUT2D eigenvalue weighted by Crippen LogP contribution is -2.34. The summed E-state index contributed by atoms with van der Waals surface area (Å²) < 4.78 is 28.4. The summed E-state index contributed by atoms with van der Waals surface area (Å²) in [6, 6.07) is 14.9. The minimum Gasteiger partial charge on any atom is -0.301 e. The summed E-state index contributed by atoms with van der Waals surface area (Å²) in [5, 5.41) is 5.72. The van der Waals surface area contributed by atoms with E-state index in [9.17, 15) is 8.42 Å². The topological polar surface area (TPSA) is 49.4 Å². The molecule has 0 fully saturated rings. The fourth-order valence-electron chi connectivity index (χ4n) is 2.76. The van der Waals surface area contributed by atoms with Gasteiger partial charge in [-0.1, -0.05) is 36.4 Å². The third-order valence-electron chi connectivity index (χ3n) is 4.06. The number of nitrogens with one attached hydrogen (secondary N) is 1. The lowest BCUT2D eigenvalue weighted by Gasteiger charge is -2.24. The van der Waals surface area contributed by atoms with Gasteiger partial charge in [0.15, 0.2) is 0 Å². The zero-order valence-corrected chi connectivity index (χ0v) is 15.3. The van der Waals surface area contributed by atoms with Crippen molar-refractivity contribution in [1.82, 2.24) is 9.62 Å². The molecule has 0 saturated heterocycles. The summed E-state index contributed by atoms with van der Waals surface area (Å²) in [6.45, 7) is 0.329. The Morgan fingerprint density at radius 1 is 1.08 bits per heavy atom. The number of rotatable bonds is 6. The number of thiophene rings is 1. The van der Waals surface area contributed by atoms with Gasteiger partial charge in [-0.05, 0) is 47.9 Å². The molecule has 0 aliphatic heterocycles. The Morgan fingerprint density at radius 2 is 1.83 bits per heavy atom. The minimum absolute atomic E-state index is 0.000927. The van der Waals surface area contributed by atoms with Crippen LogP contribution in [0.4, 0.5) is 0 Å². The van der Waals surface area contributed by atoms with E-state index in [2.05, 4.69) is 10.1 Å². The van der Waals surface area contributed by atoms with Crippen LogP contribution in [0.2, 0.25) is 0 Å². The number of nitrogens with zero attached hydrogens (tertiary/aromatic N) is 1. The Kier molecular flexibility index (Phi) is 5.01. The molecule has 1 heterocycles. The second-order valence-electron chi connectivity index (χ2n) is 5.87. The normalized spacial score (nSPS) is 13.5. The van der Waals surface area contributed by atoms with E-state index in [4.69, 9.17) is 0 Å². The summed E-state index contributed by atoms with van der Waals surface area (Å²) in [6.07, 6.45) is 0. The van der Waals surface area contributed by atoms with Gasteiger partial charge in [-0.3, -0.25) is 0 Å².